The van der Waals surface area contributed by atoms with Crippen molar-refractivity contribution in [2.45, 2.75) is 4.90 Å². The molecule has 1 aromatic carbocycles. The predicted octanol–water partition coefficient (Wildman–Crippen LogP) is 0.758. The average molecular weight is 265 g/mol. The number of anilines is 2. The molecule has 0 aliphatic rings. The van der Waals surface area contributed by atoms with Crippen LogP contribution in [0.5, 0.6) is 0 Å². The Labute approximate surface area is 104 Å². The van der Waals surface area contributed by atoms with Gasteiger partial charge in [0, 0.05) is 24.0 Å². The molecule has 0 spiro atoms. The number of sulfonamides is 1. The van der Waals surface area contributed by atoms with Gasteiger partial charge in [-0.15, -0.1) is 0 Å². The van der Waals surface area contributed by atoms with E-state index in [4.69, 9.17) is 5.73 Å². The quantitative estimate of drug-likeness (QED) is 0.712. The molecular weight excluding hydrogens is 254 g/mol. The number of H-pyrrole nitrogens is 1. The number of benzene rings is 1. The highest BCUT2D eigenvalue weighted by Crippen LogP contribution is 2.14. The van der Waals surface area contributed by atoms with E-state index < -0.39 is 10.0 Å². The van der Waals surface area contributed by atoms with Gasteiger partial charge < -0.3 is 10.7 Å². The Morgan fingerprint density at radius 3 is 2.39 bits per heavy atom. The first-order valence-electron chi connectivity index (χ1n) is 5.04. The molecule has 7 heteroatoms. The monoisotopic (exact) mass is 265 g/mol. The largest absolute Gasteiger partial charge is 0.399 e. The number of aromatic nitrogens is 1. The maximum absolute atomic E-state index is 12.0. The first-order chi connectivity index (χ1) is 8.47. The van der Waals surface area contributed by atoms with Crippen molar-refractivity contribution in [3.05, 3.63) is 52.8 Å². The van der Waals surface area contributed by atoms with Crippen molar-refractivity contribution in [2.24, 2.45) is 0 Å². The molecule has 0 bridgehead atoms. The van der Waals surface area contributed by atoms with Gasteiger partial charge in [0.05, 0.1) is 4.90 Å². The molecule has 0 saturated carbocycles. The molecule has 0 aliphatic heterocycles. The molecule has 2 rings (SSSR count). The number of nitrogen functional groups attached to an aromatic ring is 1. The van der Waals surface area contributed by atoms with E-state index in [1.165, 1.54) is 36.5 Å². The van der Waals surface area contributed by atoms with Crippen LogP contribution in [0.3, 0.4) is 0 Å². The van der Waals surface area contributed by atoms with E-state index in [1.54, 1.807) is 0 Å². The zero-order chi connectivity index (χ0) is 13.2. The lowest BCUT2D eigenvalue weighted by atomic mass is 10.3. The van der Waals surface area contributed by atoms with Gasteiger partial charge in [0.15, 0.2) is 5.43 Å². The number of hydrogen-bond acceptors (Lipinski definition) is 4. The molecule has 0 atom stereocenters. The highest BCUT2D eigenvalue weighted by atomic mass is 32.2. The maximum Gasteiger partial charge on any atom is 0.262 e. The summed E-state index contributed by atoms with van der Waals surface area (Å²) in [5.74, 6) is 0.110. The summed E-state index contributed by atoms with van der Waals surface area (Å²) in [5.41, 5.74) is 5.67. The lowest BCUT2D eigenvalue weighted by Crippen LogP contribution is -2.15. The first kappa shape index (κ1) is 12.2. The van der Waals surface area contributed by atoms with Crippen LogP contribution in [-0.2, 0) is 10.0 Å². The number of aromatic amines is 1. The van der Waals surface area contributed by atoms with Gasteiger partial charge >= 0.3 is 0 Å². The molecule has 0 amide bonds. The summed E-state index contributed by atoms with van der Waals surface area (Å²) in [6, 6.07) is 8.21. The van der Waals surface area contributed by atoms with Crippen LogP contribution in [0.2, 0.25) is 0 Å². The van der Waals surface area contributed by atoms with Crippen LogP contribution < -0.4 is 15.9 Å². The molecule has 4 N–H and O–H groups in total. The fourth-order valence-electron chi connectivity index (χ4n) is 1.36. The average Bonchev–Trinajstić information content (AvgIpc) is 2.29. The molecule has 1 aromatic heterocycles. The zero-order valence-electron chi connectivity index (χ0n) is 9.25. The van der Waals surface area contributed by atoms with Crippen LogP contribution in [0.25, 0.3) is 0 Å². The first-order valence-corrected chi connectivity index (χ1v) is 6.53. The standard InChI is InChI=1S/C11H11N3O3S/c12-8-1-3-10(4-2-8)18(16,17)14-11-7-9(15)5-6-13-11/h1-7H,12H2,(H2,13,14,15). The zero-order valence-corrected chi connectivity index (χ0v) is 10.1. The van der Waals surface area contributed by atoms with Crippen LogP contribution in [-0.4, -0.2) is 13.4 Å². The molecule has 0 aliphatic carbocycles. The van der Waals surface area contributed by atoms with E-state index in [0.717, 1.165) is 6.07 Å². The molecule has 6 nitrogen and oxygen atoms in total. The van der Waals surface area contributed by atoms with Crippen molar-refractivity contribution >= 4 is 21.5 Å². The Kier molecular flexibility index (Phi) is 3.07. The van der Waals surface area contributed by atoms with Gasteiger partial charge in [-0.05, 0) is 24.3 Å². The van der Waals surface area contributed by atoms with Crippen LogP contribution in [0.15, 0.2) is 52.3 Å². The number of nitrogens with two attached hydrogens (primary N) is 1. The minimum atomic E-state index is -3.72. The maximum atomic E-state index is 12.0. The topological polar surface area (TPSA) is 105 Å². The van der Waals surface area contributed by atoms with E-state index in [2.05, 4.69) is 9.71 Å². The number of pyridine rings is 1. The fraction of sp³-hybridized carbons (Fsp3) is 0. The second-order valence-electron chi connectivity index (χ2n) is 3.61. The highest BCUT2D eigenvalue weighted by molar-refractivity contribution is 7.92. The van der Waals surface area contributed by atoms with E-state index in [9.17, 15) is 13.2 Å². The van der Waals surface area contributed by atoms with Gasteiger partial charge in [-0.3, -0.25) is 9.52 Å². The van der Waals surface area contributed by atoms with E-state index in [0.29, 0.717) is 5.69 Å². The van der Waals surface area contributed by atoms with E-state index in [1.807, 2.05) is 0 Å². The van der Waals surface area contributed by atoms with Crippen LogP contribution >= 0.6 is 0 Å². The molecule has 2 aromatic rings. The summed E-state index contributed by atoms with van der Waals surface area (Å²) >= 11 is 0. The molecule has 18 heavy (non-hydrogen) atoms. The van der Waals surface area contributed by atoms with E-state index >= 15 is 0 Å². The summed E-state index contributed by atoms with van der Waals surface area (Å²) in [7, 11) is -3.72. The van der Waals surface area contributed by atoms with E-state index in [-0.39, 0.29) is 16.1 Å². The Morgan fingerprint density at radius 1 is 1.11 bits per heavy atom. The van der Waals surface area contributed by atoms with Crippen molar-refractivity contribution < 1.29 is 8.42 Å². The van der Waals surface area contributed by atoms with Gasteiger partial charge in [-0.1, -0.05) is 0 Å². The molecule has 0 saturated heterocycles. The summed E-state index contributed by atoms with van der Waals surface area (Å²) in [5, 5.41) is 0. The van der Waals surface area contributed by atoms with Gasteiger partial charge in [-0.2, -0.15) is 0 Å². The smallest absolute Gasteiger partial charge is 0.262 e. The summed E-state index contributed by atoms with van der Waals surface area (Å²) < 4.78 is 26.2. The summed E-state index contributed by atoms with van der Waals surface area (Å²) in [6.07, 6.45) is 1.36. The van der Waals surface area contributed by atoms with Gasteiger partial charge in [-0.25, -0.2) is 8.42 Å². The Bertz CT molecular complexity index is 705. The second-order valence-corrected chi connectivity index (χ2v) is 5.29. The van der Waals surface area contributed by atoms with Crippen LogP contribution in [0, 0.1) is 0 Å². The van der Waals surface area contributed by atoms with Gasteiger partial charge in [0.1, 0.15) is 5.82 Å². The lowest BCUT2D eigenvalue weighted by Gasteiger charge is -2.07. The third kappa shape index (κ3) is 2.69. The van der Waals surface area contributed by atoms with Crippen molar-refractivity contribution in [1.29, 1.82) is 0 Å². The van der Waals surface area contributed by atoms with Crippen LogP contribution in [0.1, 0.15) is 0 Å². The number of hydrogen-bond donors (Lipinski definition) is 3. The minimum Gasteiger partial charge on any atom is -0.399 e. The van der Waals surface area contributed by atoms with Crippen molar-refractivity contribution in [1.82, 2.24) is 4.98 Å². The van der Waals surface area contributed by atoms with Gasteiger partial charge in [0.25, 0.3) is 10.0 Å². The van der Waals surface area contributed by atoms with Crippen molar-refractivity contribution in [2.75, 3.05) is 10.5 Å². The fourth-order valence-corrected chi connectivity index (χ4v) is 2.37. The predicted molar refractivity (Wildman–Crippen MR) is 68.7 cm³/mol. The molecule has 94 valence electrons. The lowest BCUT2D eigenvalue weighted by molar-refractivity contribution is 0.601. The third-order valence-electron chi connectivity index (χ3n) is 2.21. The van der Waals surface area contributed by atoms with Crippen LogP contribution in [0.4, 0.5) is 11.5 Å². The SMILES string of the molecule is Nc1ccc(S(=O)(=O)Nc2cc(=O)cc[nH]2)cc1. The Balaban J connectivity index is 2.33. The number of rotatable bonds is 3. The van der Waals surface area contributed by atoms with Crippen molar-refractivity contribution in [3.8, 4) is 0 Å². The Morgan fingerprint density at radius 2 is 1.78 bits per heavy atom. The normalized spacial score (nSPS) is 11.1. The molecular formula is C11H11N3O3S. The number of nitrogens with one attached hydrogen (secondary N) is 2. The summed E-state index contributed by atoms with van der Waals surface area (Å²) in [6.45, 7) is 0. The Hall–Kier alpha value is -2.28. The van der Waals surface area contributed by atoms with Crippen molar-refractivity contribution in [3.63, 3.8) is 0 Å². The summed E-state index contributed by atoms with van der Waals surface area (Å²) in [4.78, 5) is 13.8. The molecule has 0 fully saturated rings. The highest BCUT2D eigenvalue weighted by Gasteiger charge is 2.13. The van der Waals surface area contributed by atoms with Gasteiger partial charge in [0.2, 0.25) is 0 Å². The third-order valence-corrected chi connectivity index (χ3v) is 3.59. The molecule has 1 heterocycles. The second kappa shape index (κ2) is 4.53. The molecule has 0 unspecified atom stereocenters. The minimum absolute atomic E-state index is 0.0707. The molecule has 0 radical (unpaired) electrons.